The summed E-state index contributed by atoms with van der Waals surface area (Å²) in [4.78, 5) is 16.8. The normalized spacial score (nSPS) is 15.1. The maximum Gasteiger partial charge on any atom is 0.272 e. The molecule has 0 amide bonds. The van der Waals surface area contributed by atoms with Gasteiger partial charge in [0.25, 0.3) is 5.76 Å². The lowest BCUT2D eigenvalue weighted by Gasteiger charge is -2.12. The number of aromatic nitrogens is 4. The van der Waals surface area contributed by atoms with Gasteiger partial charge in [0, 0.05) is 24.2 Å². The number of nitrogens with zero attached hydrogens (tertiary/aromatic N) is 4. The van der Waals surface area contributed by atoms with Gasteiger partial charge in [0.05, 0.1) is 34.4 Å². The topological polar surface area (TPSA) is 110 Å². The van der Waals surface area contributed by atoms with Crippen LogP contribution in [0.4, 0.5) is 11.6 Å². The first-order chi connectivity index (χ1) is 14.1. The average Bonchev–Trinajstić information content (AvgIpc) is 2.76. The lowest BCUT2D eigenvalue weighted by atomic mass is 9.95. The Labute approximate surface area is 171 Å². The van der Waals surface area contributed by atoms with Gasteiger partial charge in [-0.3, -0.25) is 10.4 Å². The summed E-state index contributed by atoms with van der Waals surface area (Å²) in [6.07, 6.45) is 11.8. The minimum absolute atomic E-state index is 0.240. The Balaban J connectivity index is 1.66. The number of anilines is 2. The van der Waals surface area contributed by atoms with Crippen LogP contribution in [-0.2, 0) is 0 Å². The van der Waals surface area contributed by atoms with E-state index in [1.807, 2.05) is 0 Å². The van der Waals surface area contributed by atoms with Gasteiger partial charge in [0.2, 0.25) is 5.95 Å². The van der Waals surface area contributed by atoms with Crippen molar-refractivity contribution >= 4 is 40.3 Å². The molecule has 7 nitrogen and oxygen atoms in total. The standard InChI is InChI=1S/C21H15ClN6O/c22-19-6-4-15(12-26-19)27-21-25-9-7-18(28-21)13-3-5-17(23)16(10-13)20(29)14-2-1-8-24-11-14/h1-12,23,29H,(H,25,27,28)/p+1/b20-16-,23-17?. The first kappa shape index (κ1) is 18.5. The maximum absolute atomic E-state index is 8.46. The first-order valence-electron chi connectivity index (χ1n) is 8.67. The molecule has 0 fully saturated rings. The number of allylic oxidation sites excluding steroid dienone is 5. The van der Waals surface area contributed by atoms with E-state index in [2.05, 4.69) is 25.3 Å². The molecule has 3 aromatic heterocycles. The molecule has 0 atom stereocenters. The predicted octanol–water partition coefficient (Wildman–Crippen LogP) is 3.77. The van der Waals surface area contributed by atoms with Crippen LogP contribution < -0.4 is 5.32 Å². The molecule has 4 rings (SSSR count). The van der Waals surface area contributed by atoms with Crippen molar-refractivity contribution < 1.29 is 5.11 Å². The molecular formula is C21H16ClN6O+. The third-order valence-electron chi connectivity index (χ3n) is 4.17. The fourth-order valence-electron chi connectivity index (χ4n) is 2.74. The van der Waals surface area contributed by atoms with Gasteiger partial charge in [0.1, 0.15) is 5.15 Å². The van der Waals surface area contributed by atoms with Gasteiger partial charge in [-0.05, 0) is 42.5 Å². The van der Waals surface area contributed by atoms with Crippen LogP contribution in [0, 0.1) is 5.41 Å². The zero-order valence-electron chi connectivity index (χ0n) is 15.1. The van der Waals surface area contributed by atoms with Crippen LogP contribution in [0.5, 0.6) is 0 Å². The zero-order chi connectivity index (χ0) is 20.2. The minimum atomic E-state index is 0.240. The summed E-state index contributed by atoms with van der Waals surface area (Å²) in [5.41, 5.74) is 3.59. The van der Waals surface area contributed by atoms with Crippen molar-refractivity contribution in [2.75, 3.05) is 5.32 Å². The van der Waals surface area contributed by atoms with Gasteiger partial charge in [-0.2, -0.15) is 0 Å². The molecule has 142 valence electrons. The first-order valence-corrected chi connectivity index (χ1v) is 9.05. The third kappa shape index (κ3) is 4.20. The van der Waals surface area contributed by atoms with E-state index in [4.69, 9.17) is 22.1 Å². The van der Waals surface area contributed by atoms with Crippen LogP contribution in [-0.4, -0.2) is 30.8 Å². The summed E-state index contributed by atoms with van der Waals surface area (Å²) in [6.45, 7) is 0. The van der Waals surface area contributed by atoms with E-state index in [-0.39, 0.29) is 11.5 Å². The Hall–Kier alpha value is -3.84. The summed E-state index contributed by atoms with van der Waals surface area (Å²) in [5, 5.41) is 20.1. The zero-order valence-corrected chi connectivity index (χ0v) is 15.9. The summed E-state index contributed by atoms with van der Waals surface area (Å²) in [5.74, 6) is 0.648. The Morgan fingerprint density at radius 2 is 1.93 bits per heavy atom. The molecule has 0 radical (unpaired) electrons. The molecule has 29 heavy (non-hydrogen) atoms. The number of halogens is 1. The third-order valence-corrected chi connectivity index (χ3v) is 4.40. The van der Waals surface area contributed by atoms with Gasteiger partial charge >= 0.3 is 0 Å². The summed E-state index contributed by atoms with van der Waals surface area (Å²) in [6, 6.07) is 8.81. The van der Waals surface area contributed by atoms with Gasteiger partial charge in [-0.25, -0.2) is 15.0 Å². The smallest absolute Gasteiger partial charge is 0.272 e. The van der Waals surface area contributed by atoms with Crippen LogP contribution in [0.2, 0.25) is 5.15 Å². The van der Waals surface area contributed by atoms with Crippen LogP contribution in [0.1, 0.15) is 11.3 Å². The van der Waals surface area contributed by atoms with Crippen molar-refractivity contribution in [3.8, 4) is 0 Å². The van der Waals surface area contributed by atoms with Gasteiger partial charge in [0.15, 0.2) is 0 Å². The highest BCUT2D eigenvalue weighted by molar-refractivity contribution is 6.29. The largest absolute Gasteiger partial charge is 0.592 e. The van der Waals surface area contributed by atoms with Crippen molar-refractivity contribution in [2.24, 2.45) is 0 Å². The molecule has 4 N–H and O–H groups in total. The van der Waals surface area contributed by atoms with Crippen molar-refractivity contribution in [1.29, 1.82) is 5.41 Å². The lowest BCUT2D eigenvalue weighted by Crippen LogP contribution is -2.06. The Morgan fingerprint density at radius 3 is 2.69 bits per heavy atom. The highest BCUT2D eigenvalue weighted by Gasteiger charge is 2.19. The van der Waals surface area contributed by atoms with Crippen molar-refractivity contribution in [3.05, 3.63) is 95.3 Å². The number of pyridine rings is 2. The average molecular weight is 404 g/mol. The number of hydrogen-bond donors (Lipinski definition) is 2. The molecule has 3 heterocycles. The minimum Gasteiger partial charge on any atom is -0.592 e. The molecule has 0 aromatic carbocycles. The van der Waals surface area contributed by atoms with E-state index < -0.39 is 0 Å². The van der Waals surface area contributed by atoms with E-state index in [0.717, 1.165) is 5.57 Å². The molecule has 1 aliphatic carbocycles. The second kappa shape index (κ2) is 8.04. The Kier molecular flexibility index (Phi) is 5.13. The van der Waals surface area contributed by atoms with Gasteiger partial charge in [-0.15, -0.1) is 0 Å². The van der Waals surface area contributed by atoms with E-state index in [0.29, 0.717) is 33.6 Å². The second-order valence-corrected chi connectivity index (χ2v) is 6.52. The van der Waals surface area contributed by atoms with E-state index in [9.17, 15) is 0 Å². The van der Waals surface area contributed by atoms with E-state index in [1.54, 1.807) is 73.3 Å². The van der Waals surface area contributed by atoms with Crippen molar-refractivity contribution in [1.82, 2.24) is 19.9 Å². The second-order valence-electron chi connectivity index (χ2n) is 6.14. The predicted molar refractivity (Wildman–Crippen MR) is 114 cm³/mol. The van der Waals surface area contributed by atoms with Crippen LogP contribution in [0.15, 0.2) is 78.9 Å². The SMILES string of the molecule is N=C1C=CC(c2ccnc(Nc3ccc(Cl)nc3)n2)=C/C1=C(/[OH2+])c1cccnc1. The highest BCUT2D eigenvalue weighted by atomic mass is 35.5. The van der Waals surface area contributed by atoms with Crippen LogP contribution in [0.25, 0.3) is 11.3 Å². The monoisotopic (exact) mass is 403 g/mol. The maximum atomic E-state index is 8.46. The van der Waals surface area contributed by atoms with Gasteiger partial charge < -0.3 is 10.4 Å². The molecule has 0 unspecified atom stereocenters. The van der Waals surface area contributed by atoms with Crippen molar-refractivity contribution in [3.63, 3.8) is 0 Å². The molecule has 0 saturated carbocycles. The molecule has 0 bridgehead atoms. The Morgan fingerprint density at radius 1 is 1.03 bits per heavy atom. The molecular weight excluding hydrogens is 388 g/mol. The summed E-state index contributed by atoms with van der Waals surface area (Å²) < 4.78 is 0. The van der Waals surface area contributed by atoms with Crippen molar-refractivity contribution in [2.45, 2.75) is 0 Å². The number of nitrogens with one attached hydrogen (secondary N) is 2. The van der Waals surface area contributed by atoms with E-state index in [1.165, 1.54) is 0 Å². The van der Waals surface area contributed by atoms with Crippen LogP contribution >= 0.6 is 11.6 Å². The number of hydrogen-bond acceptors (Lipinski definition) is 6. The lowest BCUT2D eigenvalue weighted by molar-refractivity contribution is 0.509. The fraction of sp³-hybridized carbons (Fsp3) is 0. The van der Waals surface area contributed by atoms with Gasteiger partial charge in [-0.1, -0.05) is 17.7 Å². The fourth-order valence-corrected chi connectivity index (χ4v) is 2.85. The quantitative estimate of drug-likeness (QED) is 0.391. The summed E-state index contributed by atoms with van der Waals surface area (Å²) >= 11 is 5.81. The summed E-state index contributed by atoms with van der Waals surface area (Å²) in [7, 11) is 0. The van der Waals surface area contributed by atoms with Crippen LogP contribution in [0.3, 0.4) is 0 Å². The number of rotatable bonds is 4. The molecule has 8 heteroatoms. The molecule has 0 spiro atoms. The highest BCUT2D eigenvalue weighted by Crippen LogP contribution is 2.27. The Bertz CT molecular complexity index is 1150. The molecule has 3 aromatic rings. The molecule has 0 aliphatic heterocycles. The van der Waals surface area contributed by atoms with E-state index >= 15 is 0 Å². The molecule has 1 aliphatic rings. The molecule has 0 saturated heterocycles.